The highest BCUT2D eigenvalue weighted by molar-refractivity contribution is 7.99. The van der Waals surface area contributed by atoms with Gasteiger partial charge in [0.1, 0.15) is 6.01 Å². The van der Waals surface area contributed by atoms with E-state index in [4.69, 9.17) is 0 Å². The molecule has 0 amide bonds. The van der Waals surface area contributed by atoms with Gasteiger partial charge in [0.15, 0.2) is 5.16 Å². The van der Waals surface area contributed by atoms with Crippen molar-refractivity contribution in [2.45, 2.75) is 5.16 Å². The Morgan fingerprint density at radius 3 is 2.50 bits per heavy atom. The molecule has 3 nitrogen and oxygen atoms in total. The summed E-state index contributed by atoms with van der Waals surface area (Å²) in [4.78, 5) is 17.0. The SMILES string of the molecule is O=c1c2ccccc2nc(SCF)n1-c1ccccc1. The highest BCUT2D eigenvalue weighted by atomic mass is 32.2. The molecular formula is C15H11FN2OS. The van der Waals surface area contributed by atoms with Crippen molar-refractivity contribution in [3.8, 4) is 5.69 Å². The van der Waals surface area contributed by atoms with Gasteiger partial charge in [-0.25, -0.2) is 9.37 Å². The van der Waals surface area contributed by atoms with Crippen molar-refractivity contribution in [3.63, 3.8) is 0 Å². The first-order valence-electron chi connectivity index (χ1n) is 6.07. The summed E-state index contributed by atoms with van der Waals surface area (Å²) >= 11 is 0.911. The van der Waals surface area contributed by atoms with Crippen molar-refractivity contribution in [1.82, 2.24) is 9.55 Å². The molecule has 0 aliphatic carbocycles. The van der Waals surface area contributed by atoms with Gasteiger partial charge < -0.3 is 0 Å². The van der Waals surface area contributed by atoms with Crippen LogP contribution in [0, 0.1) is 0 Å². The Morgan fingerprint density at radius 2 is 1.75 bits per heavy atom. The number of aromatic nitrogens is 2. The predicted molar refractivity (Wildman–Crippen MR) is 79.2 cm³/mol. The van der Waals surface area contributed by atoms with E-state index < -0.39 is 6.01 Å². The van der Waals surface area contributed by atoms with Crippen LogP contribution in [0.1, 0.15) is 0 Å². The van der Waals surface area contributed by atoms with Crippen molar-refractivity contribution < 1.29 is 4.39 Å². The minimum Gasteiger partial charge on any atom is -0.268 e. The number of rotatable bonds is 3. The lowest BCUT2D eigenvalue weighted by Crippen LogP contribution is -2.21. The van der Waals surface area contributed by atoms with Crippen molar-refractivity contribution in [2.24, 2.45) is 0 Å². The van der Waals surface area contributed by atoms with Crippen LogP contribution in [-0.2, 0) is 0 Å². The van der Waals surface area contributed by atoms with Gasteiger partial charge in [0, 0.05) is 0 Å². The first-order chi connectivity index (χ1) is 9.81. The average Bonchev–Trinajstić information content (AvgIpc) is 2.49. The van der Waals surface area contributed by atoms with Gasteiger partial charge in [-0.15, -0.1) is 0 Å². The molecule has 5 heteroatoms. The number of fused-ring (bicyclic) bond motifs is 1. The molecule has 0 bridgehead atoms. The fourth-order valence-electron chi connectivity index (χ4n) is 2.06. The molecule has 100 valence electrons. The van der Waals surface area contributed by atoms with Crippen LogP contribution in [0.5, 0.6) is 0 Å². The molecule has 1 aromatic heterocycles. The maximum absolute atomic E-state index is 12.7. The van der Waals surface area contributed by atoms with Crippen molar-refractivity contribution in [3.05, 3.63) is 65.0 Å². The molecule has 0 saturated carbocycles. The van der Waals surface area contributed by atoms with E-state index in [-0.39, 0.29) is 5.56 Å². The molecule has 0 saturated heterocycles. The van der Waals surface area contributed by atoms with Gasteiger partial charge in [0.25, 0.3) is 5.56 Å². The Kier molecular flexibility index (Phi) is 3.52. The predicted octanol–water partition coefficient (Wildman–Crippen LogP) is 3.40. The summed E-state index contributed by atoms with van der Waals surface area (Å²) in [6.45, 7) is 0. The summed E-state index contributed by atoms with van der Waals surface area (Å²) in [6.07, 6.45) is 0. The fraction of sp³-hybridized carbons (Fsp3) is 0.0667. The summed E-state index contributed by atoms with van der Waals surface area (Å²) in [6, 6.07) is 15.6. The van der Waals surface area contributed by atoms with Crippen LogP contribution in [0.3, 0.4) is 0 Å². The van der Waals surface area contributed by atoms with Crippen LogP contribution in [0.25, 0.3) is 16.6 Å². The van der Waals surface area contributed by atoms with E-state index in [0.717, 1.165) is 11.8 Å². The van der Waals surface area contributed by atoms with Gasteiger partial charge in [0.2, 0.25) is 0 Å². The number of nitrogens with zero attached hydrogens (tertiary/aromatic N) is 2. The Bertz CT molecular complexity index is 802. The van der Waals surface area contributed by atoms with E-state index in [1.807, 2.05) is 24.3 Å². The lowest BCUT2D eigenvalue weighted by molar-refractivity contribution is 0.603. The lowest BCUT2D eigenvalue weighted by atomic mass is 10.2. The molecule has 3 rings (SSSR count). The maximum atomic E-state index is 12.7. The third-order valence-electron chi connectivity index (χ3n) is 2.94. The zero-order valence-corrected chi connectivity index (χ0v) is 11.3. The molecule has 0 N–H and O–H groups in total. The second kappa shape index (κ2) is 5.46. The number of hydrogen-bond acceptors (Lipinski definition) is 3. The van der Waals surface area contributed by atoms with Crippen LogP contribution in [0.2, 0.25) is 0 Å². The summed E-state index contributed by atoms with van der Waals surface area (Å²) in [5, 5.41) is 0.891. The molecule has 0 atom stereocenters. The largest absolute Gasteiger partial charge is 0.268 e. The van der Waals surface area contributed by atoms with E-state index >= 15 is 0 Å². The number of halogens is 1. The van der Waals surface area contributed by atoms with Gasteiger partial charge in [-0.1, -0.05) is 42.1 Å². The number of benzene rings is 2. The fourth-order valence-corrected chi connectivity index (χ4v) is 2.64. The number of alkyl halides is 1. The summed E-state index contributed by atoms with van der Waals surface area (Å²) in [7, 11) is 0. The molecule has 0 unspecified atom stereocenters. The van der Waals surface area contributed by atoms with E-state index in [1.54, 1.807) is 30.3 Å². The third kappa shape index (κ3) is 2.20. The topological polar surface area (TPSA) is 34.9 Å². The van der Waals surface area contributed by atoms with E-state index in [0.29, 0.717) is 21.7 Å². The summed E-state index contributed by atoms with van der Waals surface area (Å²) < 4.78 is 14.2. The normalized spacial score (nSPS) is 10.8. The average molecular weight is 286 g/mol. The minimum absolute atomic E-state index is 0.183. The third-order valence-corrected chi connectivity index (χ3v) is 3.58. The van der Waals surface area contributed by atoms with Crippen molar-refractivity contribution >= 4 is 22.7 Å². The molecule has 20 heavy (non-hydrogen) atoms. The van der Waals surface area contributed by atoms with Crippen LogP contribution in [0.4, 0.5) is 4.39 Å². The van der Waals surface area contributed by atoms with Crippen LogP contribution in [-0.4, -0.2) is 15.6 Å². The second-order valence-corrected chi connectivity index (χ2v) is 5.01. The maximum Gasteiger partial charge on any atom is 0.266 e. The molecule has 0 fully saturated rings. The highest BCUT2D eigenvalue weighted by Gasteiger charge is 2.12. The standard InChI is InChI=1S/C15H11FN2OS/c16-10-20-15-17-13-9-5-4-8-12(13)14(19)18(15)11-6-2-1-3-7-11/h1-9H,10H2. The van der Waals surface area contributed by atoms with Gasteiger partial charge >= 0.3 is 0 Å². The van der Waals surface area contributed by atoms with E-state index in [9.17, 15) is 9.18 Å². The molecule has 2 aromatic carbocycles. The first-order valence-corrected chi connectivity index (χ1v) is 7.06. The Labute approximate surface area is 119 Å². The lowest BCUT2D eigenvalue weighted by Gasteiger charge is -2.11. The second-order valence-electron chi connectivity index (χ2n) is 4.14. The number of para-hydroxylation sites is 2. The first kappa shape index (κ1) is 12.9. The Balaban J connectivity index is 2.36. The zero-order chi connectivity index (χ0) is 13.9. The molecular weight excluding hydrogens is 275 g/mol. The smallest absolute Gasteiger partial charge is 0.266 e. The monoisotopic (exact) mass is 286 g/mol. The van der Waals surface area contributed by atoms with E-state index in [1.165, 1.54) is 4.57 Å². The zero-order valence-electron chi connectivity index (χ0n) is 10.5. The Hall–Kier alpha value is -2.14. The highest BCUT2D eigenvalue weighted by Crippen LogP contribution is 2.21. The van der Waals surface area contributed by atoms with Gasteiger partial charge in [0.05, 0.1) is 16.6 Å². The van der Waals surface area contributed by atoms with Gasteiger partial charge in [-0.05, 0) is 24.3 Å². The molecule has 0 radical (unpaired) electrons. The quantitative estimate of drug-likeness (QED) is 0.546. The number of hydrogen-bond donors (Lipinski definition) is 0. The van der Waals surface area contributed by atoms with Gasteiger partial charge in [-0.3, -0.25) is 9.36 Å². The van der Waals surface area contributed by atoms with Crippen molar-refractivity contribution in [1.29, 1.82) is 0 Å². The molecule has 0 aliphatic heterocycles. The molecule has 0 spiro atoms. The molecule has 0 aliphatic rings. The Morgan fingerprint density at radius 1 is 1.05 bits per heavy atom. The van der Waals surface area contributed by atoms with Gasteiger partial charge in [-0.2, -0.15) is 0 Å². The van der Waals surface area contributed by atoms with Crippen LogP contribution < -0.4 is 5.56 Å². The minimum atomic E-state index is -0.627. The van der Waals surface area contributed by atoms with Crippen LogP contribution >= 0.6 is 11.8 Å². The summed E-state index contributed by atoms with van der Waals surface area (Å²) in [5.74, 6) is 0. The number of thioether (sulfide) groups is 1. The van der Waals surface area contributed by atoms with E-state index in [2.05, 4.69) is 4.98 Å². The molecule has 1 heterocycles. The summed E-state index contributed by atoms with van der Waals surface area (Å²) in [5.41, 5.74) is 1.09. The van der Waals surface area contributed by atoms with Crippen LogP contribution in [0.15, 0.2) is 64.5 Å². The van der Waals surface area contributed by atoms with Crippen molar-refractivity contribution in [2.75, 3.05) is 6.01 Å². The molecule has 3 aromatic rings.